The van der Waals surface area contributed by atoms with Gasteiger partial charge in [-0.15, -0.1) is 0 Å². The van der Waals surface area contributed by atoms with Crippen molar-refractivity contribution < 1.29 is 9.72 Å². The molecule has 2 aromatic carbocycles. The second kappa shape index (κ2) is 7.33. The van der Waals surface area contributed by atoms with Crippen LogP contribution < -0.4 is 5.32 Å². The van der Waals surface area contributed by atoms with Gasteiger partial charge in [0.25, 0.3) is 5.69 Å². The number of carbonyl (C=O) groups is 1. The number of non-ortho nitro benzene ring substituents is 1. The van der Waals surface area contributed by atoms with Crippen LogP contribution >= 0.6 is 31.9 Å². The maximum Gasteiger partial charge on any atom is 0.270 e. The molecule has 0 saturated heterocycles. The van der Waals surface area contributed by atoms with E-state index in [1.54, 1.807) is 18.2 Å². The molecule has 5 nitrogen and oxygen atoms in total. The van der Waals surface area contributed by atoms with Gasteiger partial charge in [-0.2, -0.15) is 0 Å². The van der Waals surface area contributed by atoms with Gasteiger partial charge < -0.3 is 5.32 Å². The summed E-state index contributed by atoms with van der Waals surface area (Å²) < 4.78 is 1.64. The number of amides is 1. The lowest BCUT2D eigenvalue weighted by Gasteiger charge is -2.05. The van der Waals surface area contributed by atoms with Crippen LogP contribution in [-0.2, 0) is 4.79 Å². The second-order valence-corrected chi connectivity index (χ2v) is 6.07. The van der Waals surface area contributed by atoms with E-state index < -0.39 is 4.92 Å². The zero-order valence-electron chi connectivity index (χ0n) is 11.1. The van der Waals surface area contributed by atoms with Gasteiger partial charge in [-0.1, -0.05) is 28.1 Å². The van der Waals surface area contributed by atoms with Crippen molar-refractivity contribution in [1.29, 1.82) is 0 Å². The highest BCUT2D eigenvalue weighted by Gasteiger charge is 2.05. The Balaban J connectivity index is 2.08. The van der Waals surface area contributed by atoms with Crippen LogP contribution in [0.25, 0.3) is 6.08 Å². The fraction of sp³-hybridized carbons (Fsp3) is 0. The third-order valence-corrected chi connectivity index (χ3v) is 3.85. The number of nitro benzene ring substituents is 1. The summed E-state index contributed by atoms with van der Waals surface area (Å²) in [6.45, 7) is 0. The van der Waals surface area contributed by atoms with E-state index >= 15 is 0 Å². The summed E-state index contributed by atoms with van der Waals surface area (Å²) in [4.78, 5) is 22.1. The van der Waals surface area contributed by atoms with Gasteiger partial charge in [-0.3, -0.25) is 14.9 Å². The van der Waals surface area contributed by atoms with Crippen molar-refractivity contribution in [3.05, 3.63) is 73.2 Å². The molecule has 2 aromatic rings. The van der Waals surface area contributed by atoms with Crippen molar-refractivity contribution in [1.82, 2.24) is 0 Å². The molecule has 0 bridgehead atoms. The van der Waals surface area contributed by atoms with Crippen molar-refractivity contribution >= 4 is 55.2 Å². The van der Waals surface area contributed by atoms with Gasteiger partial charge in [0.1, 0.15) is 0 Å². The zero-order chi connectivity index (χ0) is 16.1. The maximum atomic E-state index is 11.9. The zero-order valence-corrected chi connectivity index (χ0v) is 14.3. The Morgan fingerprint density at radius 3 is 2.64 bits per heavy atom. The molecule has 0 atom stereocenters. The monoisotopic (exact) mass is 424 g/mol. The fourth-order valence-corrected chi connectivity index (χ4v) is 2.83. The maximum absolute atomic E-state index is 11.9. The molecule has 1 amide bonds. The number of anilines is 1. The topological polar surface area (TPSA) is 72.2 Å². The van der Waals surface area contributed by atoms with Gasteiger partial charge in [-0.05, 0) is 45.8 Å². The summed E-state index contributed by atoms with van der Waals surface area (Å²) in [5.41, 5.74) is 1.20. The highest BCUT2D eigenvalue weighted by molar-refractivity contribution is 9.11. The van der Waals surface area contributed by atoms with E-state index in [1.807, 2.05) is 12.1 Å². The van der Waals surface area contributed by atoms with Crippen LogP contribution in [0.3, 0.4) is 0 Å². The molecule has 112 valence electrons. The molecule has 2 rings (SSSR count). The number of rotatable bonds is 4. The predicted octanol–water partition coefficient (Wildman–Crippen LogP) is 4.77. The summed E-state index contributed by atoms with van der Waals surface area (Å²) in [5.74, 6) is -0.325. The van der Waals surface area contributed by atoms with E-state index in [1.165, 1.54) is 24.3 Å². The Hall–Kier alpha value is -1.99. The lowest BCUT2D eigenvalue weighted by atomic mass is 10.2. The largest absolute Gasteiger partial charge is 0.321 e. The normalized spacial score (nSPS) is 10.6. The molecule has 0 unspecified atom stereocenters. The van der Waals surface area contributed by atoms with Crippen molar-refractivity contribution in [2.75, 3.05) is 5.32 Å². The van der Waals surface area contributed by atoms with Gasteiger partial charge in [0, 0.05) is 27.2 Å². The molecule has 0 saturated carbocycles. The fourth-order valence-electron chi connectivity index (χ4n) is 1.68. The van der Waals surface area contributed by atoms with E-state index in [0.29, 0.717) is 11.3 Å². The first kappa shape index (κ1) is 16.4. The van der Waals surface area contributed by atoms with Crippen LogP contribution in [0.1, 0.15) is 5.56 Å². The molecule has 0 aliphatic carbocycles. The molecular formula is C15H10Br2N2O3. The first-order valence-electron chi connectivity index (χ1n) is 6.14. The average Bonchev–Trinajstić information content (AvgIpc) is 2.48. The summed E-state index contributed by atoms with van der Waals surface area (Å²) in [5, 5.41) is 13.4. The smallest absolute Gasteiger partial charge is 0.270 e. The summed E-state index contributed by atoms with van der Waals surface area (Å²) in [6, 6.07) is 11.4. The minimum absolute atomic E-state index is 0.0155. The van der Waals surface area contributed by atoms with Gasteiger partial charge in [0.15, 0.2) is 0 Å². The number of carbonyl (C=O) groups excluding carboxylic acids is 1. The SMILES string of the molecule is O=C(/C=C\c1cccc([N+](=O)[O-])c1)Nc1ccc(Br)cc1Br. The minimum atomic E-state index is -0.476. The van der Waals surface area contributed by atoms with Gasteiger partial charge >= 0.3 is 0 Å². The van der Waals surface area contributed by atoms with Crippen molar-refractivity contribution in [3.63, 3.8) is 0 Å². The average molecular weight is 426 g/mol. The minimum Gasteiger partial charge on any atom is -0.321 e. The lowest BCUT2D eigenvalue weighted by Crippen LogP contribution is -2.08. The number of hydrogen-bond acceptors (Lipinski definition) is 3. The molecule has 0 aliphatic rings. The van der Waals surface area contributed by atoms with Crippen molar-refractivity contribution in [3.8, 4) is 0 Å². The number of benzene rings is 2. The first-order chi connectivity index (χ1) is 10.5. The molecule has 0 aliphatic heterocycles. The molecule has 1 N–H and O–H groups in total. The number of nitrogens with zero attached hydrogens (tertiary/aromatic N) is 1. The Kier molecular flexibility index (Phi) is 5.46. The number of hydrogen-bond donors (Lipinski definition) is 1. The first-order valence-corrected chi connectivity index (χ1v) is 7.73. The molecule has 0 radical (unpaired) electrons. The Labute approximate surface area is 143 Å². The van der Waals surface area contributed by atoms with Crippen LogP contribution in [0.2, 0.25) is 0 Å². The van der Waals surface area contributed by atoms with Gasteiger partial charge in [-0.25, -0.2) is 0 Å². The highest BCUT2D eigenvalue weighted by atomic mass is 79.9. The lowest BCUT2D eigenvalue weighted by molar-refractivity contribution is -0.384. The molecule has 0 fully saturated rings. The van der Waals surface area contributed by atoms with Gasteiger partial charge in [0.2, 0.25) is 5.91 Å². The van der Waals surface area contributed by atoms with E-state index in [2.05, 4.69) is 37.2 Å². The van der Waals surface area contributed by atoms with E-state index in [0.717, 1.165) is 8.95 Å². The third-order valence-electron chi connectivity index (χ3n) is 2.70. The molecule has 0 spiro atoms. The molecule has 0 heterocycles. The number of nitrogens with one attached hydrogen (secondary N) is 1. The van der Waals surface area contributed by atoms with E-state index in [9.17, 15) is 14.9 Å². The van der Waals surface area contributed by atoms with Crippen LogP contribution in [0.5, 0.6) is 0 Å². The van der Waals surface area contributed by atoms with Crippen LogP contribution in [0, 0.1) is 10.1 Å². The molecule has 22 heavy (non-hydrogen) atoms. The quantitative estimate of drug-likeness (QED) is 0.435. The summed E-state index contributed by atoms with van der Waals surface area (Å²) >= 11 is 6.68. The van der Waals surface area contributed by atoms with Gasteiger partial charge in [0.05, 0.1) is 10.6 Å². The van der Waals surface area contributed by atoms with Crippen LogP contribution in [0.4, 0.5) is 11.4 Å². The van der Waals surface area contributed by atoms with E-state index in [-0.39, 0.29) is 11.6 Å². The number of nitro groups is 1. The Morgan fingerprint density at radius 2 is 1.95 bits per heavy atom. The predicted molar refractivity (Wildman–Crippen MR) is 92.6 cm³/mol. The number of halogens is 2. The molecule has 7 heteroatoms. The van der Waals surface area contributed by atoms with Crippen molar-refractivity contribution in [2.24, 2.45) is 0 Å². The molecular weight excluding hydrogens is 416 g/mol. The van der Waals surface area contributed by atoms with Crippen molar-refractivity contribution in [2.45, 2.75) is 0 Å². The standard InChI is InChI=1S/C15H10Br2N2O3/c16-11-5-6-14(13(17)9-11)18-15(20)7-4-10-2-1-3-12(8-10)19(21)22/h1-9H,(H,18,20)/b7-4-. The highest BCUT2D eigenvalue weighted by Crippen LogP contribution is 2.26. The summed E-state index contributed by atoms with van der Waals surface area (Å²) in [6.07, 6.45) is 2.85. The Bertz CT molecular complexity index is 760. The van der Waals surface area contributed by atoms with E-state index in [4.69, 9.17) is 0 Å². The van der Waals surface area contributed by atoms with Crippen LogP contribution in [0.15, 0.2) is 57.5 Å². The Morgan fingerprint density at radius 1 is 1.18 bits per heavy atom. The molecule has 0 aromatic heterocycles. The third kappa shape index (κ3) is 4.51. The second-order valence-electron chi connectivity index (χ2n) is 4.30. The summed E-state index contributed by atoms with van der Waals surface area (Å²) in [7, 11) is 0. The van der Waals surface area contributed by atoms with Crippen LogP contribution in [-0.4, -0.2) is 10.8 Å².